The molecule has 7 nitrogen and oxygen atoms in total. The Morgan fingerprint density at radius 2 is 1.40 bits per heavy atom. The van der Waals surface area contributed by atoms with Crippen molar-refractivity contribution in [2.75, 3.05) is 5.73 Å². The van der Waals surface area contributed by atoms with Gasteiger partial charge in [-0.2, -0.15) is 20.7 Å². The molecule has 0 bridgehead atoms. The van der Waals surface area contributed by atoms with Crippen molar-refractivity contribution >= 4 is 17.5 Å². The third-order valence-electron chi connectivity index (χ3n) is 5.52. The first kappa shape index (κ1) is 21.4. The number of benzene rings is 3. The smallest absolute Gasteiger partial charge is 0.145 e. The number of allylic oxidation sites excluding steroid dienone is 1. The molecule has 3 aromatic carbocycles. The van der Waals surface area contributed by atoms with Gasteiger partial charge in [-0.25, -0.2) is 9.36 Å². The molecule has 0 amide bonds. The Labute approximate surface area is 202 Å². The Morgan fingerprint density at radius 3 is 2.00 bits per heavy atom. The molecule has 5 aromatic rings. The number of aromatic nitrogens is 4. The minimum absolute atomic E-state index is 0.151. The van der Waals surface area contributed by atoms with Crippen LogP contribution >= 0.6 is 0 Å². The number of hydrogen-bond acceptors (Lipinski definition) is 5. The van der Waals surface area contributed by atoms with Gasteiger partial charge >= 0.3 is 0 Å². The average Bonchev–Trinajstić information content (AvgIpc) is 3.49. The molecule has 0 fully saturated rings. The van der Waals surface area contributed by atoms with Gasteiger partial charge in [0.2, 0.25) is 0 Å². The summed E-state index contributed by atoms with van der Waals surface area (Å²) < 4.78 is 3.25. The zero-order valence-corrected chi connectivity index (χ0v) is 18.6. The zero-order valence-electron chi connectivity index (χ0n) is 18.6. The van der Waals surface area contributed by atoms with Crippen molar-refractivity contribution in [1.29, 1.82) is 10.5 Å². The highest BCUT2D eigenvalue weighted by molar-refractivity contribution is 5.93. The van der Waals surface area contributed by atoms with Crippen molar-refractivity contribution in [3.8, 4) is 34.8 Å². The maximum Gasteiger partial charge on any atom is 0.145 e. The molecule has 7 heteroatoms. The van der Waals surface area contributed by atoms with Crippen LogP contribution in [0.5, 0.6) is 0 Å². The highest BCUT2D eigenvalue weighted by atomic mass is 15.3. The summed E-state index contributed by atoms with van der Waals surface area (Å²) in [5.74, 6) is 0.179. The van der Waals surface area contributed by atoms with E-state index in [0.717, 1.165) is 11.3 Å². The molecule has 0 atom stereocenters. The molecule has 0 radical (unpaired) electrons. The normalized spacial score (nSPS) is 11.1. The molecular weight excluding hydrogens is 434 g/mol. The van der Waals surface area contributed by atoms with E-state index in [2.05, 4.69) is 17.2 Å². The van der Waals surface area contributed by atoms with E-state index >= 15 is 0 Å². The van der Waals surface area contributed by atoms with Crippen LogP contribution in [0.15, 0.2) is 97.2 Å². The van der Waals surface area contributed by atoms with Crippen molar-refractivity contribution in [2.45, 2.75) is 0 Å². The van der Waals surface area contributed by atoms with Gasteiger partial charge in [-0.05, 0) is 30.3 Å². The van der Waals surface area contributed by atoms with Crippen LogP contribution in [0.25, 0.3) is 34.3 Å². The fraction of sp³-hybridized carbons (Fsp3) is 0. The predicted octanol–water partition coefficient (Wildman–Crippen LogP) is 5.24. The first-order valence-electron chi connectivity index (χ1n) is 10.9. The molecular formula is C28H19N7. The van der Waals surface area contributed by atoms with E-state index in [1.807, 2.05) is 97.2 Å². The topological polar surface area (TPSA) is 109 Å². The van der Waals surface area contributed by atoms with Gasteiger partial charge in [0.1, 0.15) is 29.2 Å². The number of nitrogens with zero attached hydrogens (tertiary/aromatic N) is 6. The van der Waals surface area contributed by atoms with Gasteiger partial charge in [0.05, 0.1) is 22.6 Å². The van der Waals surface area contributed by atoms with E-state index < -0.39 is 0 Å². The third kappa shape index (κ3) is 4.06. The van der Waals surface area contributed by atoms with Gasteiger partial charge in [0.25, 0.3) is 0 Å². The Morgan fingerprint density at radius 1 is 0.800 bits per heavy atom. The molecule has 2 N–H and O–H groups in total. The molecule has 5 rings (SSSR count). The van der Waals surface area contributed by atoms with Crippen molar-refractivity contribution in [3.63, 3.8) is 0 Å². The minimum atomic E-state index is 0.151. The number of nitrogen functional groups attached to an aromatic ring is 1. The molecule has 2 heterocycles. The second-order valence-corrected chi connectivity index (χ2v) is 7.72. The zero-order chi connectivity index (χ0) is 24.2. The van der Waals surface area contributed by atoms with E-state index in [1.165, 1.54) is 4.68 Å². The Hall–Kier alpha value is -5.40. The Bertz CT molecular complexity index is 1600. The molecule has 2 aromatic heterocycles. The average molecular weight is 454 g/mol. The number of hydrogen-bond donors (Lipinski definition) is 1. The van der Waals surface area contributed by atoms with E-state index in [4.69, 9.17) is 10.8 Å². The summed E-state index contributed by atoms with van der Waals surface area (Å²) in [7, 11) is 0. The van der Waals surface area contributed by atoms with E-state index in [9.17, 15) is 10.5 Å². The summed E-state index contributed by atoms with van der Waals surface area (Å²) in [4.78, 5) is 0. The lowest BCUT2D eigenvalue weighted by Crippen LogP contribution is -2.02. The molecule has 35 heavy (non-hydrogen) atoms. The SMILES string of the molecule is N#CC(=Cc1cn(-c2ccccc2)nc1-c1ccccc1)c1nn(-c2ccccc2)c(N)c1C#N. The van der Waals surface area contributed by atoms with Crippen molar-refractivity contribution in [2.24, 2.45) is 0 Å². The van der Waals surface area contributed by atoms with Crippen LogP contribution in [0.4, 0.5) is 5.82 Å². The second kappa shape index (κ2) is 9.22. The monoisotopic (exact) mass is 453 g/mol. The highest BCUT2D eigenvalue weighted by Crippen LogP contribution is 2.30. The Kier molecular flexibility index (Phi) is 5.65. The fourth-order valence-corrected chi connectivity index (χ4v) is 3.83. The lowest BCUT2D eigenvalue weighted by molar-refractivity contribution is 0.884. The van der Waals surface area contributed by atoms with Gasteiger partial charge in [-0.15, -0.1) is 0 Å². The quantitative estimate of drug-likeness (QED) is 0.366. The summed E-state index contributed by atoms with van der Waals surface area (Å²) in [5, 5.41) is 29.2. The second-order valence-electron chi connectivity index (χ2n) is 7.72. The van der Waals surface area contributed by atoms with E-state index in [1.54, 1.807) is 10.8 Å². The lowest BCUT2D eigenvalue weighted by atomic mass is 10.0. The Balaban J connectivity index is 1.68. The number of anilines is 1. The maximum atomic E-state index is 10.1. The fourth-order valence-electron chi connectivity index (χ4n) is 3.83. The molecule has 0 aliphatic heterocycles. The van der Waals surface area contributed by atoms with Crippen LogP contribution < -0.4 is 5.73 Å². The standard InChI is InChI=1S/C28H19N7/c29-17-21(27-25(18-30)28(31)35(33-27)24-14-8-3-9-15-24)16-22-19-34(23-12-6-2-7-13-23)32-26(22)20-10-4-1-5-11-20/h1-16,19H,31H2. The molecule has 0 spiro atoms. The van der Waals surface area contributed by atoms with Gasteiger partial charge in [0.15, 0.2) is 0 Å². The van der Waals surface area contributed by atoms with Gasteiger partial charge in [-0.3, -0.25) is 0 Å². The molecule has 166 valence electrons. The molecule has 0 unspecified atom stereocenters. The van der Waals surface area contributed by atoms with Crippen LogP contribution in [-0.2, 0) is 0 Å². The summed E-state index contributed by atoms with van der Waals surface area (Å²) in [6, 6.07) is 33.0. The van der Waals surface area contributed by atoms with E-state index in [0.29, 0.717) is 16.9 Å². The largest absolute Gasteiger partial charge is 0.382 e. The van der Waals surface area contributed by atoms with E-state index in [-0.39, 0.29) is 22.6 Å². The predicted molar refractivity (Wildman–Crippen MR) is 135 cm³/mol. The molecule has 0 aliphatic rings. The number of para-hydroxylation sites is 2. The summed E-state index contributed by atoms with van der Waals surface area (Å²) in [5.41, 5.74) is 10.8. The third-order valence-corrected chi connectivity index (χ3v) is 5.52. The molecule has 0 aliphatic carbocycles. The van der Waals surface area contributed by atoms with Crippen molar-refractivity contribution < 1.29 is 0 Å². The maximum absolute atomic E-state index is 10.1. The van der Waals surface area contributed by atoms with Crippen molar-refractivity contribution in [3.05, 3.63) is 114 Å². The lowest BCUT2D eigenvalue weighted by Gasteiger charge is -2.02. The number of rotatable bonds is 5. The summed E-state index contributed by atoms with van der Waals surface area (Å²) in [6.07, 6.45) is 3.56. The van der Waals surface area contributed by atoms with Crippen LogP contribution in [0.3, 0.4) is 0 Å². The number of nitriles is 2. The van der Waals surface area contributed by atoms with Crippen LogP contribution in [0.1, 0.15) is 16.8 Å². The van der Waals surface area contributed by atoms with Crippen molar-refractivity contribution in [1.82, 2.24) is 19.6 Å². The summed E-state index contributed by atoms with van der Waals surface area (Å²) in [6.45, 7) is 0. The number of nitrogens with two attached hydrogens (primary N) is 1. The van der Waals surface area contributed by atoms with Crippen LogP contribution in [-0.4, -0.2) is 19.6 Å². The molecule has 0 saturated carbocycles. The highest BCUT2D eigenvalue weighted by Gasteiger charge is 2.21. The van der Waals surface area contributed by atoms with Crippen LogP contribution in [0.2, 0.25) is 0 Å². The van der Waals surface area contributed by atoms with Gasteiger partial charge in [0, 0.05) is 17.3 Å². The summed E-state index contributed by atoms with van der Waals surface area (Å²) >= 11 is 0. The minimum Gasteiger partial charge on any atom is -0.382 e. The van der Waals surface area contributed by atoms with Gasteiger partial charge < -0.3 is 5.73 Å². The first-order chi connectivity index (χ1) is 17.2. The first-order valence-corrected chi connectivity index (χ1v) is 10.9. The van der Waals surface area contributed by atoms with Crippen LogP contribution in [0, 0.1) is 22.7 Å². The van der Waals surface area contributed by atoms with Gasteiger partial charge in [-0.1, -0.05) is 66.7 Å². The molecule has 0 saturated heterocycles.